The highest BCUT2D eigenvalue weighted by Gasteiger charge is 2.32. The van der Waals surface area contributed by atoms with Gasteiger partial charge in [0.05, 0.1) is 27.0 Å². The predicted octanol–water partition coefficient (Wildman–Crippen LogP) is 5.79. The Kier molecular flexibility index (Phi) is 11.6. The Morgan fingerprint density at radius 1 is 0.972 bits per heavy atom. The molecule has 2 amide bonds. The van der Waals surface area contributed by atoms with Crippen LogP contribution in [0.4, 0.5) is 5.69 Å². The summed E-state index contributed by atoms with van der Waals surface area (Å²) in [5, 5.41) is 3.87. The second kappa shape index (κ2) is 13.7. The van der Waals surface area contributed by atoms with Gasteiger partial charge in [0.25, 0.3) is 0 Å². The third-order valence-electron chi connectivity index (χ3n) is 5.41. The molecule has 7 nitrogen and oxygen atoms in total. The van der Waals surface area contributed by atoms with Crippen molar-refractivity contribution in [2.45, 2.75) is 45.7 Å². The summed E-state index contributed by atoms with van der Waals surface area (Å²) in [5.41, 5.74) is 0.694. The normalized spacial score (nSPS) is 12.2. The van der Waals surface area contributed by atoms with E-state index in [9.17, 15) is 18.0 Å². The zero-order valence-corrected chi connectivity index (χ0v) is 24.1. The van der Waals surface area contributed by atoms with E-state index in [1.807, 2.05) is 6.92 Å². The molecule has 0 aliphatic heterocycles. The second-order valence-corrected chi connectivity index (χ2v) is 11.8. The van der Waals surface area contributed by atoms with Gasteiger partial charge in [0, 0.05) is 18.1 Å². The van der Waals surface area contributed by atoms with E-state index in [0.717, 1.165) is 23.4 Å². The highest BCUT2D eigenvalue weighted by atomic mass is 35.5. The average Bonchev–Trinajstić information content (AvgIpc) is 2.80. The molecule has 2 aromatic carbocycles. The zero-order valence-electron chi connectivity index (χ0n) is 20.2. The Labute approximate surface area is 232 Å². The lowest BCUT2D eigenvalue weighted by Gasteiger charge is -2.33. The van der Waals surface area contributed by atoms with E-state index in [4.69, 9.17) is 46.4 Å². The number of carbonyl (C=O) groups excluding carboxylic acids is 2. The van der Waals surface area contributed by atoms with Crippen molar-refractivity contribution >= 4 is 73.9 Å². The fourth-order valence-corrected chi connectivity index (χ4v) is 5.14. The lowest BCUT2D eigenvalue weighted by Crippen LogP contribution is -2.52. The lowest BCUT2D eigenvalue weighted by atomic mass is 10.1. The molecule has 36 heavy (non-hydrogen) atoms. The molecular weight excluding hydrogens is 568 g/mol. The number of unbranched alkanes of at least 4 members (excludes halogenated alkanes) is 1. The molecule has 0 radical (unpaired) electrons. The zero-order chi connectivity index (χ0) is 27.0. The fraction of sp³-hybridized carbons (Fsp3) is 0.417. The van der Waals surface area contributed by atoms with Crippen molar-refractivity contribution < 1.29 is 18.0 Å². The average molecular weight is 597 g/mol. The Morgan fingerprint density at radius 3 is 2.22 bits per heavy atom. The van der Waals surface area contributed by atoms with E-state index >= 15 is 0 Å². The van der Waals surface area contributed by atoms with Crippen LogP contribution >= 0.6 is 46.4 Å². The number of benzene rings is 2. The van der Waals surface area contributed by atoms with E-state index in [-0.39, 0.29) is 28.2 Å². The molecule has 0 saturated heterocycles. The molecule has 0 heterocycles. The third-order valence-corrected chi connectivity index (χ3v) is 7.83. The first-order chi connectivity index (χ1) is 16.9. The van der Waals surface area contributed by atoms with Crippen molar-refractivity contribution in [1.82, 2.24) is 10.2 Å². The van der Waals surface area contributed by atoms with Crippen LogP contribution in [0.15, 0.2) is 36.4 Å². The fourth-order valence-electron chi connectivity index (χ4n) is 3.53. The molecule has 0 saturated carbocycles. The van der Waals surface area contributed by atoms with Gasteiger partial charge in [-0.15, -0.1) is 0 Å². The topological polar surface area (TPSA) is 86.8 Å². The predicted molar refractivity (Wildman–Crippen MR) is 148 cm³/mol. The van der Waals surface area contributed by atoms with Gasteiger partial charge < -0.3 is 10.2 Å². The maximum Gasteiger partial charge on any atom is 0.244 e. The van der Waals surface area contributed by atoms with Crippen molar-refractivity contribution in [3.8, 4) is 0 Å². The number of hydrogen-bond acceptors (Lipinski definition) is 4. The Morgan fingerprint density at radius 2 is 1.64 bits per heavy atom. The molecule has 2 rings (SSSR count). The van der Waals surface area contributed by atoms with Gasteiger partial charge in [0.1, 0.15) is 12.6 Å². The van der Waals surface area contributed by atoms with Crippen LogP contribution in [0.25, 0.3) is 0 Å². The van der Waals surface area contributed by atoms with Crippen molar-refractivity contribution in [2.75, 3.05) is 23.7 Å². The van der Waals surface area contributed by atoms with Crippen LogP contribution in [0.2, 0.25) is 20.1 Å². The van der Waals surface area contributed by atoms with Crippen LogP contribution in [0.5, 0.6) is 0 Å². The largest absolute Gasteiger partial charge is 0.354 e. The van der Waals surface area contributed by atoms with E-state index < -0.39 is 28.5 Å². The number of amides is 2. The van der Waals surface area contributed by atoms with Gasteiger partial charge in [-0.25, -0.2) is 8.42 Å². The summed E-state index contributed by atoms with van der Waals surface area (Å²) in [4.78, 5) is 28.0. The van der Waals surface area contributed by atoms with Crippen LogP contribution < -0.4 is 9.62 Å². The molecule has 1 N–H and O–H groups in total. The highest BCUT2D eigenvalue weighted by Crippen LogP contribution is 2.31. The van der Waals surface area contributed by atoms with Gasteiger partial charge in [-0.1, -0.05) is 72.7 Å². The summed E-state index contributed by atoms with van der Waals surface area (Å²) in [5.74, 6) is -0.925. The molecule has 0 bridgehead atoms. The van der Waals surface area contributed by atoms with Crippen LogP contribution in [0.3, 0.4) is 0 Å². The monoisotopic (exact) mass is 595 g/mol. The van der Waals surface area contributed by atoms with Crippen LogP contribution in [-0.4, -0.2) is 50.5 Å². The lowest BCUT2D eigenvalue weighted by molar-refractivity contribution is -0.140. The summed E-state index contributed by atoms with van der Waals surface area (Å²) >= 11 is 24.5. The molecule has 0 fully saturated rings. The molecule has 0 spiro atoms. The summed E-state index contributed by atoms with van der Waals surface area (Å²) in [6.07, 6.45) is 2.96. The number of nitrogens with one attached hydrogen (secondary N) is 1. The highest BCUT2D eigenvalue weighted by molar-refractivity contribution is 7.92. The molecule has 1 atom stereocenters. The maximum absolute atomic E-state index is 13.7. The number of hydrogen-bond donors (Lipinski definition) is 1. The van der Waals surface area contributed by atoms with Crippen LogP contribution in [-0.2, 0) is 26.2 Å². The number of sulfonamides is 1. The first kappa shape index (κ1) is 30.5. The first-order valence-electron chi connectivity index (χ1n) is 11.3. The summed E-state index contributed by atoms with van der Waals surface area (Å²) in [6.45, 7) is 3.68. The smallest absolute Gasteiger partial charge is 0.244 e. The van der Waals surface area contributed by atoms with E-state index in [1.165, 1.54) is 23.1 Å². The number of anilines is 1. The molecule has 2 aromatic rings. The number of nitrogens with zero attached hydrogens (tertiary/aromatic N) is 2. The van der Waals surface area contributed by atoms with E-state index in [0.29, 0.717) is 28.6 Å². The van der Waals surface area contributed by atoms with Crippen LogP contribution in [0, 0.1) is 0 Å². The maximum atomic E-state index is 13.7. The minimum atomic E-state index is -3.94. The summed E-state index contributed by atoms with van der Waals surface area (Å²) in [6, 6.07) is 8.38. The molecule has 0 unspecified atom stereocenters. The molecule has 12 heteroatoms. The van der Waals surface area contributed by atoms with Gasteiger partial charge in [-0.2, -0.15) is 0 Å². The van der Waals surface area contributed by atoms with Gasteiger partial charge in [-0.05, 0) is 48.7 Å². The van der Waals surface area contributed by atoms with E-state index in [2.05, 4.69) is 5.32 Å². The minimum absolute atomic E-state index is 0.0102. The standard InChI is InChI=1S/C24H29Cl4N3O4S/c1-4-6-11-29-24(33)21(5-2)30(14-16-7-9-18(26)20(28)12-16)23(32)15-31(36(3,34)35)22-13-17(25)8-10-19(22)27/h7-10,12-13,21H,4-6,11,14-15H2,1-3H3,(H,29,33)/t21-/m1/s1. The van der Waals surface area contributed by atoms with Crippen LogP contribution in [0.1, 0.15) is 38.7 Å². The van der Waals surface area contributed by atoms with Gasteiger partial charge in [0.2, 0.25) is 21.8 Å². The molecule has 198 valence electrons. The van der Waals surface area contributed by atoms with Gasteiger partial charge >= 0.3 is 0 Å². The molecule has 0 aromatic heterocycles. The first-order valence-corrected chi connectivity index (χ1v) is 14.7. The molecular formula is C24H29Cl4N3O4S. The number of rotatable bonds is 12. The Balaban J connectivity index is 2.47. The Bertz CT molecular complexity index is 1190. The van der Waals surface area contributed by atoms with Crippen molar-refractivity contribution in [3.63, 3.8) is 0 Å². The van der Waals surface area contributed by atoms with Crippen molar-refractivity contribution in [3.05, 3.63) is 62.1 Å². The Hall–Kier alpha value is -1.71. The number of carbonyl (C=O) groups is 2. The summed E-state index contributed by atoms with van der Waals surface area (Å²) < 4.78 is 26.2. The quantitative estimate of drug-likeness (QED) is 0.314. The van der Waals surface area contributed by atoms with Gasteiger partial charge in [0.15, 0.2) is 0 Å². The van der Waals surface area contributed by atoms with Crippen molar-refractivity contribution in [2.24, 2.45) is 0 Å². The molecule has 0 aliphatic rings. The van der Waals surface area contributed by atoms with E-state index in [1.54, 1.807) is 25.1 Å². The minimum Gasteiger partial charge on any atom is -0.354 e. The van der Waals surface area contributed by atoms with Gasteiger partial charge in [-0.3, -0.25) is 13.9 Å². The van der Waals surface area contributed by atoms with Crippen molar-refractivity contribution in [1.29, 1.82) is 0 Å². The SMILES string of the molecule is CCCCNC(=O)[C@@H](CC)N(Cc1ccc(Cl)c(Cl)c1)C(=O)CN(c1cc(Cl)ccc1Cl)S(C)(=O)=O. The second-order valence-electron chi connectivity index (χ2n) is 8.20. The molecule has 0 aliphatic carbocycles. The summed E-state index contributed by atoms with van der Waals surface area (Å²) in [7, 11) is -3.94. The number of halogens is 4. The third kappa shape index (κ3) is 8.42.